The average molecular weight is 338 g/mol. The van der Waals surface area contributed by atoms with Crippen LogP contribution < -0.4 is 4.74 Å². The number of benzene rings is 2. The fourth-order valence-corrected chi connectivity index (χ4v) is 3.97. The van der Waals surface area contributed by atoms with Gasteiger partial charge in [0.15, 0.2) is 0 Å². The molecule has 4 heteroatoms. The molecule has 0 spiro atoms. The number of rotatable bonds is 5. The van der Waals surface area contributed by atoms with Crippen molar-refractivity contribution in [2.75, 3.05) is 20.2 Å². The summed E-state index contributed by atoms with van der Waals surface area (Å²) in [6.07, 6.45) is 5.12. The van der Waals surface area contributed by atoms with E-state index in [-0.39, 0.29) is 11.7 Å². The number of ether oxygens (including phenoxy) is 1. The standard InChI is InChI=1S/C21H23FN2O/c1-25-21-6-2-4-16-14-24(11-9-18(16)21)10-3-5-15-13-23-20-8-7-17(22)12-19(15)20/h2,4,6-8,12-13,15H,3,5,9-11,14H2,1H3. The molecule has 0 saturated carbocycles. The third-order valence-electron chi connectivity index (χ3n) is 5.29. The fourth-order valence-electron chi connectivity index (χ4n) is 3.97. The number of methoxy groups -OCH3 is 1. The van der Waals surface area contributed by atoms with Gasteiger partial charge in [0.2, 0.25) is 0 Å². The zero-order chi connectivity index (χ0) is 17.2. The molecule has 0 saturated heterocycles. The Morgan fingerprint density at radius 3 is 3.08 bits per heavy atom. The van der Waals surface area contributed by atoms with E-state index in [0.717, 1.165) is 55.9 Å². The van der Waals surface area contributed by atoms with Gasteiger partial charge in [-0.05, 0) is 66.8 Å². The van der Waals surface area contributed by atoms with Crippen molar-refractivity contribution in [2.24, 2.45) is 4.99 Å². The van der Waals surface area contributed by atoms with Crippen LogP contribution in [0.15, 0.2) is 41.4 Å². The Bertz CT molecular complexity index is 802. The summed E-state index contributed by atoms with van der Waals surface area (Å²) in [5.74, 6) is 1.09. The molecule has 25 heavy (non-hydrogen) atoms. The summed E-state index contributed by atoms with van der Waals surface area (Å²) in [5.41, 5.74) is 4.69. The SMILES string of the molecule is COc1cccc2c1CCN(CCCC1C=Nc3ccc(F)cc31)C2. The minimum Gasteiger partial charge on any atom is -0.496 e. The van der Waals surface area contributed by atoms with Crippen LogP contribution >= 0.6 is 0 Å². The number of hydrogen-bond donors (Lipinski definition) is 0. The van der Waals surface area contributed by atoms with Crippen molar-refractivity contribution in [2.45, 2.75) is 31.7 Å². The predicted molar refractivity (Wildman–Crippen MR) is 98.5 cm³/mol. The normalized spacial score (nSPS) is 18.9. The second kappa shape index (κ2) is 6.96. The molecule has 0 aliphatic carbocycles. The van der Waals surface area contributed by atoms with Gasteiger partial charge in [0.25, 0.3) is 0 Å². The Balaban J connectivity index is 1.33. The Morgan fingerprint density at radius 2 is 2.20 bits per heavy atom. The van der Waals surface area contributed by atoms with Gasteiger partial charge in [0.05, 0.1) is 12.8 Å². The lowest BCUT2D eigenvalue weighted by Crippen LogP contribution is -2.31. The van der Waals surface area contributed by atoms with E-state index in [0.29, 0.717) is 0 Å². The third-order valence-corrected chi connectivity index (χ3v) is 5.29. The molecule has 1 atom stereocenters. The maximum atomic E-state index is 13.5. The van der Waals surface area contributed by atoms with Crippen molar-refractivity contribution in [3.8, 4) is 5.75 Å². The summed E-state index contributed by atoms with van der Waals surface area (Å²) in [5, 5.41) is 0. The quantitative estimate of drug-likeness (QED) is 0.803. The lowest BCUT2D eigenvalue weighted by molar-refractivity contribution is 0.245. The minimum absolute atomic E-state index is 0.171. The van der Waals surface area contributed by atoms with Gasteiger partial charge in [0, 0.05) is 25.2 Å². The van der Waals surface area contributed by atoms with E-state index >= 15 is 0 Å². The first-order chi connectivity index (χ1) is 12.2. The average Bonchev–Trinajstić information content (AvgIpc) is 3.03. The maximum Gasteiger partial charge on any atom is 0.123 e. The molecule has 0 amide bonds. The number of aliphatic imine (C=N–C) groups is 1. The summed E-state index contributed by atoms with van der Waals surface area (Å²) in [6.45, 7) is 3.11. The highest BCUT2D eigenvalue weighted by molar-refractivity contribution is 5.80. The lowest BCUT2D eigenvalue weighted by Gasteiger charge is -2.29. The van der Waals surface area contributed by atoms with E-state index in [9.17, 15) is 4.39 Å². The van der Waals surface area contributed by atoms with Crippen molar-refractivity contribution in [3.05, 3.63) is 58.9 Å². The summed E-state index contributed by atoms with van der Waals surface area (Å²) in [6, 6.07) is 11.2. The van der Waals surface area contributed by atoms with E-state index in [1.165, 1.54) is 17.2 Å². The fraction of sp³-hybridized carbons (Fsp3) is 0.381. The Labute approximate surface area is 148 Å². The van der Waals surface area contributed by atoms with Crippen molar-refractivity contribution in [1.29, 1.82) is 0 Å². The van der Waals surface area contributed by atoms with Crippen LogP contribution in [0.4, 0.5) is 10.1 Å². The molecule has 1 unspecified atom stereocenters. The molecule has 0 aromatic heterocycles. The van der Waals surface area contributed by atoms with Gasteiger partial charge >= 0.3 is 0 Å². The topological polar surface area (TPSA) is 24.8 Å². The first kappa shape index (κ1) is 16.3. The number of hydrogen-bond acceptors (Lipinski definition) is 3. The van der Waals surface area contributed by atoms with Crippen LogP contribution in [0.5, 0.6) is 5.75 Å². The smallest absolute Gasteiger partial charge is 0.123 e. The molecular formula is C21H23FN2O. The molecule has 2 aromatic rings. The zero-order valence-corrected chi connectivity index (χ0v) is 14.5. The van der Waals surface area contributed by atoms with Crippen LogP contribution in [-0.4, -0.2) is 31.3 Å². The molecule has 3 nitrogen and oxygen atoms in total. The van der Waals surface area contributed by atoms with Gasteiger partial charge in [-0.3, -0.25) is 9.89 Å². The monoisotopic (exact) mass is 338 g/mol. The molecule has 2 heterocycles. The lowest BCUT2D eigenvalue weighted by atomic mass is 9.95. The highest BCUT2D eigenvalue weighted by Gasteiger charge is 2.21. The molecule has 0 N–H and O–H groups in total. The van der Waals surface area contributed by atoms with E-state index in [1.807, 2.05) is 12.3 Å². The van der Waals surface area contributed by atoms with Crippen LogP contribution in [-0.2, 0) is 13.0 Å². The summed E-state index contributed by atoms with van der Waals surface area (Å²) < 4.78 is 19.0. The van der Waals surface area contributed by atoms with Crippen molar-refractivity contribution in [3.63, 3.8) is 0 Å². The highest BCUT2D eigenvalue weighted by Crippen LogP contribution is 2.35. The van der Waals surface area contributed by atoms with Crippen LogP contribution in [0, 0.1) is 5.82 Å². The van der Waals surface area contributed by atoms with E-state index < -0.39 is 0 Å². The first-order valence-electron chi connectivity index (χ1n) is 8.95. The molecule has 0 bridgehead atoms. The van der Waals surface area contributed by atoms with Crippen molar-refractivity contribution in [1.82, 2.24) is 4.90 Å². The van der Waals surface area contributed by atoms with Gasteiger partial charge in [-0.15, -0.1) is 0 Å². The molecule has 4 rings (SSSR count). The van der Waals surface area contributed by atoms with Crippen LogP contribution in [0.3, 0.4) is 0 Å². The van der Waals surface area contributed by atoms with E-state index in [4.69, 9.17) is 4.74 Å². The first-order valence-corrected chi connectivity index (χ1v) is 8.95. The second-order valence-corrected chi connectivity index (χ2v) is 6.85. The Morgan fingerprint density at radius 1 is 1.28 bits per heavy atom. The highest BCUT2D eigenvalue weighted by atomic mass is 19.1. The molecule has 2 aliphatic rings. The molecular weight excluding hydrogens is 315 g/mol. The third kappa shape index (κ3) is 3.31. The molecule has 2 aliphatic heterocycles. The zero-order valence-electron chi connectivity index (χ0n) is 14.5. The molecule has 0 fully saturated rings. The van der Waals surface area contributed by atoms with Crippen molar-refractivity contribution >= 4 is 11.9 Å². The number of nitrogens with zero attached hydrogens (tertiary/aromatic N) is 2. The molecule has 130 valence electrons. The summed E-state index contributed by atoms with van der Waals surface area (Å²) >= 11 is 0. The maximum absolute atomic E-state index is 13.5. The minimum atomic E-state index is -0.171. The predicted octanol–water partition coefficient (Wildman–Crippen LogP) is 4.47. The van der Waals surface area contributed by atoms with Gasteiger partial charge in [-0.2, -0.15) is 0 Å². The largest absolute Gasteiger partial charge is 0.496 e. The van der Waals surface area contributed by atoms with Crippen LogP contribution in [0.1, 0.15) is 35.4 Å². The second-order valence-electron chi connectivity index (χ2n) is 6.85. The number of fused-ring (bicyclic) bond motifs is 2. The Hall–Kier alpha value is -2.20. The van der Waals surface area contributed by atoms with Gasteiger partial charge in [0.1, 0.15) is 11.6 Å². The number of halogens is 1. The van der Waals surface area contributed by atoms with Gasteiger partial charge < -0.3 is 4.74 Å². The van der Waals surface area contributed by atoms with E-state index in [1.54, 1.807) is 19.2 Å². The summed E-state index contributed by atoms with van der Waals surface area (Å²) in [4.78, 5) is 6.92. The Kier molecular flexibility index (Phi) is 4.53. The van der Waals surface area contributed by atoms with Crippen molar-refractivity contribution < 1.29 is 9.13 Å². The van der Waals surface area contributed by atoms with Crippen LogP contribution in [0.25, 0.3) is 0 Å². The van der Waals surface area contributed by atoms with Crippen LogP contribution in [0.2, 0.25) is 0 Å². The molecule has 2 aromatic carbocycles. The van der Waals surface area contributed by atoms with Gasteiger partial charge in [-0.25, -0.2) is 4.39 Å². The van der Waals surface area contributed by atoms with E-state index in [2.05, 4.69) is 22.0 Å². The summed E-state index contributed by atoms with van der Waals surface area (Å²) in [7, 11) is 1.74. The van der Waals surface area contributed by atoms with Gasteiger partial charge in [-0.1, -0.05) is 12.1 Å². The molecule has 0 radical (unpaired) electrons.